The van der Waals surface area contributed by atoms with Crippen molar-refractivity contribution in [1.29, 1.82) is 0 Å². The van der Waals surface area contributed by atoms with Crippen LogP contribution in [0.4, 0.5) is 10.1 Å². The molecule has 3 nitrogen and oxygen atoms in total. The molecule has 2 unspecified atom stereocenters. The summed E-state index contributed by atoms with van der Waals surface area (Å²) in [6.45, 7) is 0. The van der Waals surface area contributed by atoms with Crippen LogP contribution in [0.15, 0.2) is 12.1 Å². The van der Waals surface area contributed by atoms with Gasteiger partial charge in [-0.05, 0) is 18.6 Å². The third-order valence-electron chi connectivity index (χ3n) is 2.21. The molecule has 6 heteroatoms. The van der Waals surface area contributed by atoms with Crippen LogP contribution >= 0.6 is 27.5 Å². The first-order valence-electron chi connectivity index (χ1n) is 4.64. The lowest BCUT2D eigenvalue weighted by Gasteiger charge is -2.19. The van der Waals surface area contributed by atoms with E-state index in [1.807, 2.05) is 0 Å². The molecule has 0 saturated heterocycles. The molecule has 4 N–H and O–H groups in total. The second-order valence-corrected chi connectivity index (χ2v) is 4.58. The van der Waals surface area contributed by atoms with E-state index in [0.29, 0.717) is 11.8 Å². The van der Waals surface area contributed by atoms with Crippen molar-refractivity contribution < 1.29 is 14.6 Å². The molecule has 90 valence electrons. The van der Waals surface area contributed by atoms with Gasteiger partial charge >= 0.3 is 0 Å². The number of anilines is 1. The number of hydrogen-bond donors (Lipinski definition) is 3. The Hall–Kier alpha value is -0.360. The van der Waals surface area contributed by atoms with Crippen molar-refractivity contribution in [3.63, 3.8) is 0 Å². The number of aliphatic hydroxyl groups excluding tert-OH is 2. The second kappa shape index (κ2) is 5.82. The second-order valence-electron chi connectivity index (χ2n) is 3.38. The number of hydrogen-bond acceptors (Lipinski definition) is 3. The van der Waals surface area contributed by atoms with Gasteiger partial charge in [-0.25, -0.2) is 4.39 Å². The fraction of sp³-hybridized carbons (Fsp3) is 0.400. The molecule has 0 aliphatic rings. The van der Waals surface area contributed by atoms with Crippen molar-refractivity contribution in [2.24, 2.45) is 0 Å². The van der Waals surface area contributed by atoms with Crippen LogP contribution in [0.25, 0.3) is 0 Å². The normalized spacial score (nSPS) is 14.8. The van der Waals surface area contributed by atoms with Crippen LogP contribution in [0.1, 0.15) is 18.1 Å². The van der Waals surface area contributed by atoms with Crippen LogP contribution in [0.5, 0.6) is 0 Å². The van der Waals surface area contributed by atoms with Gasteiger partial charge < -0.3 is 15.9 Å². The van der Waals surface area contributed by atoms with E-state index in [4.69, 9.17) is 17.3 Å². The van der Waals surface area contributed by atoms with Gasteiger partial charge in [0.2, 0.25) is 0 Å². The van der Waals surface area contributed by atoms with Crippen LogP contribution < -0.4 is 5.73 Å². The van der Waals surface area contributed by atoms with Crippen molar-refractivity contribution in [1.82, 2.24) is 0 Å². The van der Waals surface area contributed by atoms with Crippen molar-refractivity contribution in [3.05, 3.63) is 28.5 Å². The highest BCUT2D eigenvalue weighted by molar-refractivity contribution is 9.09. The predicted octanol–water partition coefficient (Wildman–Crippen LogP) is 2.24. The highest BCUT2D eigenvalue weighted by atomic mass is 79.9. The monoisotopic (exact) mass is 311 g/mol. The van der Waals surface area contributed by atoms with Gasteiger partial charge in [0, 0.05) is 10.9 Å². The lowest BCUT2D eigenvalue weighted by Crippen LogP contribution is -2.20. The highest BCUT2D eigenvalue weighted by Crippen LogP contribution is 2.31. The Bertz CT molecular complexity index is 378. The number of nitrogens with two attached hydrogens (primary N) is 1. The summed E-state index contributed by atoms with van der Waals surface area (Å²) in [7, 11) is 0. The Kier molecular flexibility index (Phi) is 4.98. The zero-order valence-electron chi connectivity index (χ0n) is 8.33. The molecule has 0 heterocycles. The molecule has 0 aromatic heterocycles. The van der Waals surface area contributed by atoms with Crippen LogP contribution in [-0.2, 0) is 0 Å². The van der Waals surface area contributed by atoms with E-state index in [2.05, 4.69) is 15.9 Å². The number of rotatable bonds is 4. The minimum Gasteiger partial charge on any atom is -0.397 e. The summed E-state index contributed by atoms with van der Waals surface area (Å²) < 4.78 is 13.1. The Morgan fingerprint density at radius 2 is 2.06 bits per heavy atom. The first kappa shape index (κ1) is 13.7. The molecule has 0 aliphatic carbocycles. The molecular formula is C10H12BrClFNO2. The standard InChI is InChI=1S/C10H12BrClFNO2/c11-2-1-8(15)10(16)6-3-5(13)4-7(12)9(6)14/h3-4,8,10,15-16H,1-2,14H2. The van der Waals surface area contributed by atoms with E-state index >= 15 is 0 Å². The van der Waals surface area contributed by atoms with Gasteiger partial charge in [-0.1, -0.05) is 27.5 Å². The van der Waals surface area contributed by atoms with Gasteiger partial charge in [-0.3, -0.25) is 0 Å². The van der Waals surface area contributed by atoms with Crippen LogP contribution in [-0.4, -0.2) is 21.6 Å². The summed E-state index contributed by atoms with van der Waals surface area (Å²) in [6, 6.07) is 2.13. The summed E-state index contributed by atoms with van der Waals surface area (Å²) in [5, 5.41) is 19.9. The zero-order valence-corrected chi connectivity index (χ0v) is 10.7. The Balaban J connectivity index is 3.03. The molecule has 0 fully saturated rings. The zero-order chi connectivity index (χ0) is 12.3. The van der Waals surface area contributed by atoms with E-state index in [9.17, 15) is 14.6 Å². The molecule has 16 heavy (non-hydrogen) atoms. The van der Waals surface area contributed by atoms with E-state index in [-0.39, 0.29) is 16.3 Å². The van der Waals surface area contributed by atoms with Crippen molar-refractivity contribution >= 4 is 33.2 Å². The van der Waals surface area contributed by atoms with Gasteiger partial charge in [0.1, 0.15) is 11.9 Å². The third kappa shape index (κ3) is 3.07. The van der Waals surface area contributed by atoms with Crippen molar-refractivity contribution in [2.75, 3.05) is 11.1 Å². The Labute approximate surface area is 106 Å². The number of alkyl halides is 1. The molecular weight excluding hydrogens is 300 g/mol. The number of nitrogen functional groups attached to an aromatic ring is 1. The van der Waals surface area contributed by atoms with E-state index in [1.54, 1.807) is 0 Å². The topological polar surface area (TPSA) is 66.5 Å². The fourth-order valence-corrected chi connectivity index (χ4v) is 2.01. The quantitative estimate of drug-likeness (QED) is 0.590. The molecule has 1 aromatic rings. The smallest absolute Gasteiger partial charge is 0.125 e. The van der Waals surface area contributed by atoms with Crippen LogP contribution in [0.2, 0.25) is 5.02 Å². The SMILES string of the molecule is Nc1c(Cl)cc(F)cc1C(O)C(O)CCBr. The lowest BCUT2D eigenvalue weighted by molar-refractivity contribution is 0.0176. The molecule has 0 radical (unpaired) electrons. The fourth-order valence-electron chi connectivity index (χ4n) is 1.33. The summed E-state index contributed by atoms with van der Waals surface area (Å²) in [5.41, 5.74) is 5.80. The maximum absolute atomic E-state index is 13.1. The first-order valence-corrected chi connectivity index (χ1v) is 6.13. The maximum atomic E-state index is 13.1. The third-order valence-corrected chi connectivity index (χ3v) is 2.98. The molecule has 1 aromatic carbocycles. The van der Waals surface area contributed by atoms with E-state index < -0.39 is 18.0 Å². The summed E-state index contributed by atoms with van der Waals surface area (Å²) in [5.74, 6) is -0.598. The van der Waals surface area contributed by atoms with Gasteiger partial charge in [-0.15, -0.1) is 0 Å². The van der Waals surface area contributed by atoms with Crippen molar-refractivity contribution in [2.45, 2.75) is 18.6 Å². The minimum atomic E-state index is -1.24. The van der Waals surface area contributed by atoms with Gasteiger partial charge in [-0.2, -0.15) is 0 Å². The molecule has 2 atom stereocenters. The number of halogens is 3. The average molecular weight is 313 g/mol. The summed E-state index contributed by atoms with van der Waals surface area (Å²) >= 11 is 8.81. The summed E-state index contributed by atoms with van der Waals surface area (Å²) in [4.78, 5) is 0. The molecule has 0 saturated carbocycles. The number of benzene rings is 1. The maximum Gasteiger partial charge on any atom is 0.125 e. The average Bonchev–Trinajstić information content (AvgIpc) is 2.22. The molecule has 0 amide bonds. The Morgan fingerprint density at radius 1 is 1.44 bits per heavy atom. The number of aliphatic hydroxyl groups is 2. The van der Waals surface area contributed by atoms with E-state index in [1.165, 1.54) is 0 Å². The molecule has 0 bridgehead atoms. The van der Waals surface area contributed by atoms with Crippen molar-refractivity contribution in [3.8, 4) is 0 Å². The van der Waals surface area contributed by atoms with Crippen LogP contribution in [0, 0.1) is 5.82 Å². The molecule has 0 spiro atoms. The highest BCUT2D eigenvalue weighted by Gasteiger charge is 2.21. The largest absolute Gasteiger partial charge is 0.397 e. The van der Waals surface area contributed by atoms with Crippen LogP contribution in [0.3, 0.4) is 0 Å². The van der Waals surface area contributed by atoms with Gasteiger partial charge in [0.05, 0.1) is 16.8 Å². The summed E-state index contributed by atoms with van der Waals surface area (Å²) in [6.07, 6.45) is -1.93. The van der Waals surface area contributed by atoms with Gasteiger partial charge in [0.15, 0.2) is 0 Å². The molecule has 0 aliphatic heterocycles. The Morgan fingerprint density at radius 3 is 2.62 bits per heavy atom. The lowest BCUT2D eigenvalue weighted by atomic mass is 10.0. The minimum absolute atomic E-state index is 0.0279. The predicted molar refractivity (Wildman–Crippen MR) is 65.2 cm³/mol. The van der Waals surface area contributed by atoms with E-state index in [0.717, 1.165) is 12.1 Å². The first-order chi connectivity index (χ1) is 7.47. The van der Waals surface area contributed by atoms with Gasteiger partial charge in [0.25, 0.3) is 0 Å². The molecule has 1 rings (SSSR count).